The van der Waals surface area contributed by atoms with Crippen molar-refractivity contribution in [3.8, 4) is 17.2 Å². The number of aliphatic carboxylic acids is 1. The van der Waals surface area contributed by atoms with Crippen molar-refractivity contribution in [2.75, 3.05) is 16.3 Å². The van der Waals surface area contributed by atoms with Gasteiger partial charge in [-0.3, -0.25) is 14.5 Å². The number of carbonyl (C=O) groups excluding carboxylic acids is 2. The summed E-state index contributed by atoms with van der Waals surface area (Å²) in [4.78, 5) is 59.2. The number of aryl methyl sites for hydroxylation is 1. The van der Waals surface area contributed by atoms with Gasteiger partial charge in [-0.05, 0) is 42.3 Å². The van der Waals surface area contributed by atoms with Gasteiger partial charge in [0.1, 0.15) is 23.6 Å². The number of carboxylic acid groups (broad SMARTS) is 1. The number of carboxylic acids is 1. The highest BCUT2D eigenvalue weighted by atomic mass is 19.4. The largest absolute Gasteiger partial charge is 0.573 e. The first-order valence-corrected chi connectivity index (χ1v) is 12.5. The van der Waals surface area contributed by atoms with E-state index in [1.165, 1.54) is 24.4 Å². The summed E-state index contributed by atoms with van der Waals surface area (Å²) < 4.78 is 79.5. The lowest BCUT2D eigenvalue weighted by Crippen LogP contribution is -2.33. The minimum atomic E-state index is -5.08. The highest BCUT2D eigenvalue weighted by molar-refractivity contribution is 6.27. The van der Waals surface area contributed by atoms with Crippen molar-refractivity contribution in [3.63, 3.8) is 0 Å². The molecule has 3 heterocycles. The highest BCUT2D eigenvalue weighted by Crippen LogP contribution is 2.35. The molecule has 2 N–H and O–H groups in total. The molecule has 1 aliphatic rings. The molecule has 0 saturated carbocycles. The number of amides is 3. The molecule has 3 amide bonds. The van der Waals surface area contributed by atoms with E-state index in [0.717, 1.165) is 28.1 Å². The maximum Gasteiger partial charge on any atom is 0.573 e. The standard InChI is InChI=1S/C25H18F3N5O5.C2HF3O2/c1-2-14-10-16(6-7-18(14)37-19-8-9-29-23-22(19)30-12-20(34)31-23)33-21(35)13-32(24(33)36)15-4-3-5-17(11-15)38-25(26,27)28;3-2(4,5)1(6)7/h3-12H,2,13H2,1H3,(H,29,31,34);(H,6,7). The first-order valence-electron chi connectivity index (χ1n) is 12.5. The van der Waals surface area contributed by atoms with Crippen molar-refractivity contribution >= 4 is 40.4 Å². The number of nitrogens with one attached hydrogen (secondary N) is 1. The Morgan fingerprint density at radius 3 is 2.33 bits per heavy atom. The lowest BCUT2D eigenvalue weighted by molar-refractivity contribution is -0.274. The molecule has 1 fully saturated rings. The average Bonchev–Trinajstić information content (AvgIpc) is 3.25. The summed E-state index contributed by atoms with van der Waals surface area (Å²) in [6.45, 7) is 1.50. The number of H-pyrrole nitrogens is 1. The van der Waals surface area contributed by atoms with Crippen molar-refractivity contribution in [1.29, 1.82) is 0 Å². The summed E-state index contributed by atoms with van der Waals surface area (Å²) in [6.07, 6.45) is -6.93. The number of aromatic amines is 1. The number of rotatable bonds is 6. The molecule has 45 heavy (non-hydrogen) atoms. The van der Waals surface area contributed by atoms with Gasteiger partial charge in [0.15, 0.2) is 11.4 Å². The molecule has 1 saturated heterocycles. The summed E-state index contributed by atoms with van der Waals surface area (Å²) in [5.41, 5.74) is 1.21. The monoisotopic (exact) mass is 639 g/mol. The van der Waals surface area contributed by atoms with E-state index >= 15 is 0 Å². The summed E-state index contributed by atoms with van der Waals surface area (Å²) >= 11 is 0. The fourth-order valence-electron chi connectivity index (χ4n) is 4.01. The summed E-state index contributed by atoms with van der Waals surface area (Å²) in [7, 11) is 0. The quantitative estimate of drug-likeness (QED) is 0.215. The Kier molecular flexibility index (Phi) is 8.96. The normalized spacial score (nSPS) is 13.5. The van der Waals surface area contributed by atoms with Gasteiger partial charge in [-0.25, -0.2) is 24.5 Å². The molecule has 0 atom stereocenters. The fraction of sp³-hybridized carbons (Fsp3) is 0.185. The molecule has 0 spiro atoms. The number of anilines is 2. The van der Waals surface area contributed by atoms with Gasteiger partial charge in [0.25, 0.3) is 11.5 Å². The van der Waals surface area contributed by atoms with Crippen LogP contribution in [-0.4, -0.2) is 57.0 Å². The van der Waals surface area contributed by atoms with Crippen LogP contribution in [0.25, 0.3) is 11.2 Å². The van der Waals surface area contributed by atoms with E-state index in [9.17, 15) is 40.7 Å². The maximum absolute atomic E-state index is 13.2. The number of benzene rings is 2. The molecule has 2 aromatic heterocycles. The van der Waals surface area contributed by atoms with Crippen LogP contribution < -0.4 is 24.8 Å². The number of alkyl halides is 6. The molecule has 5 rings (SSSR count). The second-order valence-electron chi connectivity index (χ2n) is 8.95. The third kappa shape index (κ3) is 7.64. The van der Waals surface area contributed by atoms with Crippen molar-refractivity contribution in [2.24, 2.45) is 0 Å². The van der Waals surface area contributed by atoms with E-state index < -0.39 is 41.8 Å². The maximum atomic E-state index is 13.2. The van der Waals surface area contributed by atoms with E-state index in [2.05, 4.69) is 19.7 Å². The molecule has 2 aromatic carbocycles. The number of urea groups is 1. The van der Waals surface area contributed by atoms with Crippen LogP contribution in [0.5, 0.6) is 17.2 Å². The van der Waals surface area contributed by atoms with Gasteiger partial charge >= 0.3 is 24.5 Å². The zero-order valence-corrected chi connectivity index (χ0v) is 22.6. The number of hydrogen-bond donors (Lipinski definition) is 2. The van der Waals surface area contributed by atoms with Crippen molar-refractivity contribution in [3.05, 3.63) is 76.8 Å². The predicted octanol–water partition coefficient (Wildman–Crippen LogP) is 5.18. The number of pyridine rings is 1. The zero-order chi connectivity index (χ0) is 33.1. The van der Waals surface area contributed by atoms with E-state index in [1.54, 1.807) is 18.2 Å². The SMILES string of the molecule is CCc1cc(N2C(=O)CN(c3cccc(OC(F)(F)F)c3)C2=O)ccc1Oc1ccnc2[nH]c(=O)cnc12.O=C(O)C(F)(F)F. The molecule has 0 bridgehead atoms. The number of carbonyl (C=O) groups is 3. The molecule has 0 aliphatic carbocycles. The Morgan fingerprint density at radius 2 is 1.69 bits per heavy atom. The molecular weight excluding hydrogens is 620 g/mol. The predicted molar refractivity (Wildman–Crippen MR) is 143 cm³/mol. The minimum Gasteiger partial charge on any atom is -0.475 e. The van der Waals surface area contributed by atoms with Gasteiger partial charge in [0.2, 0.25) is 0 Å². The van der Waals surface area contributed by atoms with Crippen LogP contribution in [0.4, 0.5) is 42.5 Å². The first kappa shape index (κ1) is 32.2. The smallest absolute Gasteiger partial charge is 0.475 e. The zero-order valence-electron chi connectivity index (χ0n) is 22.6. The van der Waals surface area contributed by atoms with Crippen LogP contribution in [0.1, 0.15) is 12.5 Å². The topological polar surface area (TPSA) is 155 Å². The number of ether oxygens (including phenoxy) is 2. The van der Waals surface area contributed by atoms with Crippen LogP contribution in [0, 0.1) is 0 Å². The molecule has 236 valence electrons. The molecule has 18 heteroatoms. The lowest BCUT2D eigenvalue weighted by atomic mass is 10.1. The number of halogens is 6. The molecule has 0 radical (unpaired) electrons. The van der Waals surface area contributed by atoms with Crippen LogP contribution in [-0.2, 0) is 16.0 Å². The Labute approximate surface area is 247 Å². The average molecular weight is 639 g/mol. The number of nitrogens with zero attached hydrogens (tertiary/aromatic N) is 4. The Bertz CT molecular complexity index is 1830. The van der Waals surface area contributed by atoms with Crippen LogP contribution in [0.2, 0.25) is 0 Å². The third-order valence-corrected chi connectivity index (χ3v) is 5.91. The molecule has 0 unspecified atom stereocenters. The van der Waals surface area contributed by atoms with E-state index in [0.29, 0.717) is 29.0 Å². The summed E-state index contributed by atoms with van der Waals surface area (Å²) in [5, 5.41) is 7.12. The highest BCUT2D eigenvalue weighted by Gasteiger charge is 2.39. The van der Waals surface area contributed by atoms with Gasteiger partial charge in [-0.15, -0.1) is 13.2 Å². The van der Waals surface area contributed by atoms with E-state index in [-0.39, 0.29) is 23.6 Å². The molecular formula is C27H19F6N5O7. The van der Waals surface area contributed by atoms with Gasteiger partial charge in [0.05, 0.1) is 11.9 Å². The van der Waals surface area contributed by atoms with Crippen LogP contribution in [0.15, 0.2) is 65.7 Å². The van der Waals surface area contributed by atoms with Gasteiger partial charge in [0, 0.05) is 24.0 Å². The van der Waals surface area contributed by atoms with Crippen molar-refractivity contribution < 1.29 is 55.3 Å². The number of imide groups is 1. The fourth-order valence-corrected chi connectivity index (χ4v) is 4.01. The second-order valence-corrected chi connectivity index (χ2v) is 8.95. The second kappa shape index (κ2) is 12.5. The van der Waals surface area contributed by atoms with Gasteiger partial charge in [-0.2, -0.15) is 13.2 Å². The summed E-state index contributed by atoms with van der Waals surface area (Å²) in [6, 6.07) is 10.4. The van der Waals surface area contributed by atoms with E-state index in [1.807, 2.05) is 6.92 Å². The van der Waals surface area contributed by atoms with E-state index in [4.69, 9.17) is 14.6 Å². The number of hydrogen-bond acceptors (Lipinski definition) is 8. The van der Waals surface area contributed by atoms with Crippen molar-refractivity contribution in [2.45, 2.75) is 25.9 Å². The first-order chi connectivity index (χ1) is 21.1. The lowest BCUT2D eigenvalue weighted by Gasteiger charge is -2.19. The third-order valence-electron chi connectivity index (χ3n) is 5.91. The molecule has 12 nitrogen and oxygen atoms in total. The van der Waals surface area contributed by atoms with Crippen molar-refractivity contribution in [1.82, 2.24) is 15.0 Å². The molecule has 4 aromatic rings. The Hall–Kier alpha value is -5.68. The Morgan fingerprint density at radius 1 is 0.978 bits per heavy atom. The van der Waals surface area contributed by atoms with Gasteiger partial charge < -0.3 is 19.6 Å². The molecule has 1 aliphatic heterocycles. The van der Waals surface area contributed by atoms with Crippen LogP contribution >= 0.6 is 0 Å². The number of aromatic nitrogens is 3. The number of fused-ring (bicyclic) bond motifs is 1. The summed E-state index contributed by atoms with van der Waals surface area (Å²) in [5.74, 6) is -3.04. The Balaban J connectivity index is 0.000000591. The van der Waals surface area contributed by atoms with Gasteiger partial charge in [-0.1, -0.05) is 13.0 Å². The minimum absolute atomic E-state index is 0.0818. The van der Waals surface area contributed by atoms with Crippen LogP contribution in [0.3, 0.4) is 0 Å².